The average molecular weight is 310 g/mol. The second kappa shape index (κ2) is 6.24. The number of aryl methyl sites for hydroxylation is 1. The number of amides is 1. The van der Waals surface area contributed by atoms with Crippen molar-refractivity contribution in [2.24, 2.45) is 0 Å². The Morgan fingerprint density at radius 2 is 2.25 bits per heavy atom. The molecule has 20 heavy (non-hydrogen) atoms. The van der Waals surface area contributed by atoms with Crippen molar-refractivity contribution in [1.82, 2.24) is 10.3 Å². The van der Waals surface area contributed by atoms with Crippen LogP contribution >= 0.6 is 22.9 Å². The minimum absolute atomic E-state index is 0.0358. The second-order valence-electron chi connectivity index (χ2n) is 4.69. The van der Waals surface area contributed by atoms with E-state index in [0.717, 1.165) is 6.42 Å². The number of hydrogen-bond acceptors (Lipinski definition) is 4. The maximum Gasteiger partial charge on any atom is 0.251 e. The zero-order chi connectivity index (χ0) is 14.7. The van der Waals surface area contributed by atoms with Crippen molar-refractivity contribution >= 4 is 34.7 Å². The normalized spacial score (nSPS) is 12.2. The number of carbonyl (C=O) groups is 1. The molecule has 0 fully saturated rings. The van der Waals surface area contributed by atoms with Crippen LogP contribution in [0.3, 0.4) is 0 Å². The number of carbonyl (C=O) groups excluding carboxylic acids is 1. The molecule has 0 aliphatic heterocycles. The molecule has 0 radical (unpaired) electrons. The fourth-order valence-corrected chi connectivity index (χ4v) is 3.14. The van der Waals surface area contributed by atoms with E-state index in [1.54, 1.807) is 11.3 Å². The molecule has 1 amide bonds. The van der Waals surface area contributed by atoms with Crippen LogP contribution in [0.1, 0.15) is 27.0 Å². The Balaban J connectivity index is 2.00. The summed E-state index contributed by atoms with van der Waals surface area (Å²) in [6.07, 6.45) is 0.804. The lowest BCUT2D eigenvalue weighted by molar-refractivity contribution is 0.0940. The number of aromatic nitrogens is 1. The van der Waals surface area contributed by atoms with Crippen molar-refractivity contribution in [3.8, 4) is 0 Å². The van der Waals surface area contributed by atoms with E-state index in [9.17, 15) is 4.79 Å². The Kier molecular flexibility index (Phi) is 4.62. The highest BCUT2D eigenvalue weighted by Crippen LogP contribution is 2.17. The number of rotatable bonds is 4. The number of pyridine rings is 1. The summed E-state index contributed by atoms with van der Waals surface area (Å²) in [4.78, 5) is 18.5. The number of nitrogen functional groups attached to an aromatic ring is 1. The third kappa shape index (κ3) is 3.95. The molecular formula is C14H16ClN3OS. The van der Waals surface area contributed by atoms with E-state index in [1.807, 2.05) is 6.92 Å². The Morgan fingerprint density at radius 1 is 1.50 bits per heavy atom. The van der Waals surface area contributed by atoms with Crippen molar-refractivity contribution in [3.05, 3.63) is 44.7 Å². The predicted octanol–water partition coefficient (Wildman–Crippen LogP) is 3.05. The van der Waals surface area contributed by atoms with Crippen LogP contribution in [0.25, 0.3) is 0 Å². The third-order valence-corrected chi connectivity index (χ3v) is 3.97. The molecule has 2 aromatic rings. The summed E-state index contributed by atoms with van der Waals surface area (Å²) >= 11 is 7.54. The third-order valence-electron chi connectivity index (χ3n) is 2.76. The van der Waals surface area contributed by atoms with E-state index >= 15 is 0 Å². The van der Waals surface area contributed by atoms with Crippen LogP contribution < -0.4 is 11.1 Å². The number of halogens is 1. The first kappa shape index (κ1) is 14.8. The van der Waals surface area contributed by atoms with E-state index in [-0.39, 0.29) is 22.9 Å². The van der Waals surface area contributed by atoms with Crippen molar-refractivity contribution in [2.75, 3.05) is 5.73 Å². The van der Waals surface area contributed by atoms with E-state index in [0.29, 0.717) is 5.56 Å². The molecule has 106 valence electrons. The van der Waals surface area contributed by atoms with Gasteiger partial charge in [0.15, 0.2) is 0 Å². The maximum absolute atomic E-state index is 12.1. The standard InChI is InChI=1S/C14H16ClN3OS/c1-8(5-11-4-3-9(2)20-11)17-14(19)10-6-12(15)18-13(16)7-10/h3-4,6-8H,5H2,1-2H3,(H2,16,18)(H,17,19). The minimum Gasteiger partial charge on any atom is -0.384 e. The molecule has 0 spiro atoms. The molecule has 2 rings (SSSR count). The number of nitrogens with two attached hydrogens (primary N) is 1. The topological polar surface area (TPSA) is 68.0 Å². The molecule has 6 heteroatoms. The molecule has 0 aliphatic carbocycles. The minimum atomic E-state index is -0.193. The van der Waals surface area contributed by atoms with Gasteiger partial charge in [0.05, 0.1) is 0 Å². The van der Waals surface area contributed by atoms with Crippen LogP contribution in [-0.4, -0.2) is 16.9 Å². The molecule has 3 N–H and O–H groups in total. The summed E-state index contributed by atoms with van der Waals surface area (Å²) in [5.41, 5.74) is 6.01. The van der Waals surface area contributed by atoms with E-state index in [4.69, 9.17) is 17.3 Å². The molecule has 0 saturated carbocycles. The summed E-state index contributed by atoms with van der Waals surface area (Å²) in [6, 6.07) is 7.23. The van der Waals surface area contributed by atoms with Gasteiger partial charge < -0.3 is 11.1 Å². The Bertz CT molecular complexity index is 606. The summed E-state index contributed by atoms with van der Waals surface area (Å²) < 4.78 is 0. The van der Waals surface area contributed by atoms with Gasteiger partial charge >= 0.3 is 0 Å². The number of nitrogens with zero attached hydrogens (tertiary/aromatic N) is 1. The smallest absolute Gasteiger partial charge is 0.251 e. The zero-order valence-corrected chi connectivity index (χ0v) is 12.9. The Hall–Kier alpha value is -1.59. The molecule has 0 aromatic carbocycles. The van der Waals surface area contributed by atoms with Crippen LogP contribution in [0.5, 0.6) is 0 Å². The van der Waals surface area contributed by atoms with Gasteiger partial charge in [-0.1, -0.05) is 11.6 Å². The molecule has 0 bridgehead atoms. The SMILES string of the molecule is Cc1ccc(CC(C)NC(=O)c2cc(N)nc(Cl)c2)s1. The van der Waals surface area contributed by atoms with Gasteiger partial charge in [0, 0.05) is 27.8 Å². The summed E-state index contributed by atoms with van der Waals surface area (Å²) in [5.74, 6) is 0.0472. The van der Waals surface area contributed by atoms with Crippen LogP contribution in [0.4, 0.5) is 5.82 Å². The predicted molar refractivity (Wildman–Crippen MR) is 83.3 cm³/mol. The largest absolute Gasteiger partial charge is 0.384 e. The molecule has 0 aliphatic rings. The van der Waals surface area contributed by atoms with Gasteiger partial charge in [0.25, 0.3) is 5.91 Å². The van der Waals surface area contributed by atoms with Gasteiger partial charge in [-0.2, -0.15) is 0 Å². The van der Waals surface area contributed by atoms with Gasteiger partial charge in [-0.25, -0.2) is 4.98 Å². The summed E-state index contributed by atoms with van der Waals surface area (Å²) in [6.45, 7) is 4.04. The molecular weight excluding hydrogens is 294 g/mol. The first-order chi connectivity index (χ1) is 9.44. The van der Waals surface area contributed by atoms with Gasteiger partial charge in [0.2, 0.25) is 0 Å². The van der Waals surface area contributed by atoms with E-state index in [2.05, 4.69) is 29.4 Å². The first-order valence-corrected chi connectivity index (χ1v) is 7.42. The fraction of sp³-hybridized carbons (Fsp3) is 0.286. The lowest BCUT2D eigenvalue weighted by Crippen LogP contribution is -2.34. The maximum atomic E-state index is 12.1. The monoisotopic (exact) mass is 309 g/mol. The van der Waals surface area contributed by atoms with Crippen molar-refractivity contribution < 1.29 is 4.79 Å². The molecule has 1 atom stereocenters. The first-order valence-electron chi connectivity index (χ1n) is 6.23. The average Bonchev–Trinajstić information content (AvgIpc) is 2.73. The van der Waals surface area contributed by atoms with Gasteiger partial charge in [-0.15, -0.1) is 11.3 Å². The van der Waals surface area contributed by atoms with Crippen molar-refractivity contribution in [2.45, 2.75) is 26.3 Å². The second-order valence-corrected chi connectivity index (χ2v) is 6.45. The number of hydrogen-bond donors (Lipinski definition) is 2. The van der Waals surface area contributed by atoms with E-state index in [1.165, 1.54) is 21.9 Å². The fourth-order valence-electron chi connectivity index (χ4n) is 1.90. The van der Waals surface area contributed by atoms with E-state index < -0.39 is 0 Å². The molecule has 4 nitrogen and oxygen atoms in total. The van der Waals surface area contributed by atoms with Crippen molar-refractivity contribution in [3.63, 3.8) is 0 Å². The van der Waals surface area contributed by atoms with Crippen molar-refractivity contribution in [1.29, 1.82) is 0 Å². The number of nitrogens with one attached hydrogen (secondary N) is 1. The van der Waals surface area contributed by atoms with Crippen LogP contribution in [-0.2, 0) is 6.42 Å². The zero-order valence-electron chi connectivity index (χ0n) is 11.3. The number of thiophene rings is 1. The van der Waals surface area contributed by atoms with Gasteiger partial charge in [0.1, 0.15) is 11.0 Å². The lowest BCUT2D eigenvalue weighted by atomic mass is 10.2. The highest BCUT2D eigenvalue weighted by molar-refractivity contribution is 7.11. The highest BCUT2D eigenvalue weighted by atomic mass is 35.5. The molecule has 2 aromatic heterocycles. The number of anilines is 1. The molecule has 2 heterocycles. The molecule has 0 saturated heterocycles. The summed E-state index contributed by atoms with van der Waals surface area (Å²) in [5, 5.41) is 3.15. The van der Waals surface area contributed by atoms with Crippen LogP contribution in [0, 0.1) is 6.92 Å². The highest BCUT2D eigenvalue weighted by Gasteiger charge is 2.12. The summed E-state index contributed by atoms with van der Waals surface area (Å²) in [7, 11) is 0. The van der Waals surface area contributed by atoms with Crippen LogP contribution in [0.15, 0.2) is 24.3 Å². The Morgan fingerprint density at radius 3 is 2.85 bits per heavy atom. The van der Waals surface area contributed by atoms with Gasteiger partial charge in [-0.05, 0) is 38.1 Å². The van der Waals surface area contributed by atoms with Gasteiger partial charge in [-0.3, -0.25) is 4.79 Å². The molecule has 1 unspecified atom stereocenters. The lowest BCUT2D eigenvalue weighted by Gasteiger charge is -2.13. The Labute approximate surface area is 127 Å². The van der Waals surface area contributed by atoms with Crippen LogP contribution in [0.2, 0.25) is 5.15 Å². The quantitative estimate of drug-likeness (QED) is 0.853.